The van der Waals surface area contributed by atoms with E-state index in [0.29, 0.717) is 10.0 Å². The van der Waals surface area contributed by atoms with E-state index < -0.39 is 0 Å². The van der Waals surface area contributed by atoms with E-state index in [-0.39, 0.29) is 18.1 Å². The largest absolute Gasteiger partial charge is 0.468 e. The van der Waals surface area contributed by atoms with Gasteiger partial charge in [0.05, 0.1) is 7.11 Å². The van der Waals surface area contributed by atoms with E-state index in [0.717, 1.165) is 18.4 Å². The Balaban J connectivity index is 2.12. The fourth-order valence-electron chi connectivity index (χ4n) is 2.10. The number of hydrogen-bond donors (Lipinski definition) is 1. The highest BCUT2D eigenvalue weighted by atomic mass is 35.5. The smallest absolute Gasteiger partial charge is 0.322 e. The van der Waals surface area contributed by atoms with Crippen LogP contribution in [0.25, 0.3) is 0 Å². The Bertz CT molecular complexity index is 437. The lowest BCUT2D eigenvalue weighted by atomic mass is 10.1. The fraction of sp³-hybridized carbons (Fsp3) is 0.417. The van der Waals surface area contributed by atoms with Crippen molar-refractivity contribution < 1.29 is 9.53 Å². The predicted molar refractivity (Wildman–Crippen MR) is 67.4 cm³/mol. The van der Waals surface area contributed by atoms with Crippen LogP contribution in [-0.4, -0.2) is 19.1 Å². The fourth-order valence-corrected chi connectivity index (χ4v) is 2.64. The number of rotatable bonds is 2. The zero-order valence-electron chi connectivity index (χ0n) is 9.37. The van der Waals surface area contributed by atoms with E-state index >= 15 is 0 Å². The molecule has 1 N–H and O–H groups in total. The third kappa shape index (κ3) is 2.73. The summed E-state index contributed by atoms with van der Waals surface area (Å²) in [4.78, 5) is 11.4. The highest BCUT2D eigenvalue weighted by Crippen LogP contribution is 2.33. The Morgan fingerprint density at radius 3 is 2.82 bits per heavy atom. The molecule has 0 aromatic heterocycles. The van der Waals surface area contributed by atoms with Gasteiger partial charge in [0.25, 0.3) is 0 Å². The molecule has 2 atom stereocenters. The van der Waals surface area contributed by atoms with E-state index in [2.05, 4.69) is 5.32 Å². The molecule has 5 heteroatoms. The first-order valence-electron chi connectivity index (χ1n) is 5.40. The van der Waals surface area contributed by atoms with Crippen molar-refractivity contribution in [2.45, 2.75) is 24.9 Å². The molecule has 92 valence electrons. The van der Waals surface area contributed by atoms with Gasteiger partial charge in [0.2, 0.25) is 0 Å². The average Bonchev–Trinajstić information content (AvgIpc) is 2.77. The minimum Gasteiger partial charge on any atom is -0.468 e. The molecule has 1 aliphatic rings. The van der Waals surface area contributed by atoms with Crippen molar-refractivity contribution in [1.82, 2.24) is 5.32 Å². The Morgan fingerprint density at radius 1 is 1.41 bits per heavy atom. The summed E-state index contributed by atoms with van der Waals surface area (Å²) in [6.45, 7) is 0. The van der Waals surface area contributed by atoms with E-state index in [1.807, 2.05) is 6.07 Å². The number of ether oxygens (including phenoxy) is 1. The summed E-state index contributed by atoms with van der Waals surface area (Å²) in [5.74, 6) is -0.224. The number of nitrogens with one attached hydrogen (secondary N) is 1. The summed E-state index contributed by atoms with van der Waals surface area (Å²) in [6.07, 6.45) is 1.62. The molecule has 3 nitrogen and oxygen atoms in total. The van der Waals surface area contributed by atoms with Gasteiger partial charge in [-0.05, 0) is 30.5 Å². The second-order valence-electron chi connectivity index (χ2n) is 4.04. The van der Waals surface area contributed by atoms with Gasteiger partial charge in [0.1, 0.15) is 6.04 Å². The molecule has 2 rings (SSSR count). The van der Waals surface area contributed by atoms with Gasteiger partial charge in [0.15, 0.2) is 0 Å². The van der Waals surface area contributed by atoms with Gasteiger partial charge in [-0.3, -0.25) is 10.1 Å². The Hall–Kier alpha value is -0.770. The molecule has 0 amide bonds. The monoisotopic (exact) mass is 273 g/mol. The summed E-state index contributed by atoms with van der Waals surface area (Å²) < 4.78 is 4.71. The van der Waals surface area contributed by atoms with Gasteiger partial charge in [-0.15, -0.1) is 0 Å². The highest BCUT2D eigenvalue weighted by Gasteiger charge is 2.31. The Labute approximate surface area is 110 Å². The minimum atomic E-state index is -0.239. The maximum absolute atomic E-state index is 11.4. The van der Waals surface area contributed by atoms with Gasteiger partial charge in [-0.1, -0.05) is 29.3 Å². The molecule has 1 aliphatic heterocycles. The van der Waals surface area contributed by atoms with E-state index in [4.69, 9.17) is 27.9 Å². The predicted octanol–water partition coefficient (Wildman–Crippen LogP) is 2.96. The second kappa shape index (κ2) is 5.25. The van der Waals surface area contributed by atoms with Crippen molar-refractivity contribution in [3.8, 4) is 0 Å². The lowest BCUT2D eigenvalue weighted by molar-refractivity contribution is -0.142. The van der Waals surface area contributed by atoms with Crippen LogP contribution in [0.3, 0.4) is 0 Å². The normalized spacial score (nSPS) is 23.7. The molecule has 17 heavy (non-hydrogen) atoms. The summed E-state index contributed by atoms with van der Waals surface area (Å²) in [5.41, 5.74) is 0.975. The molecule has 1 aromatic carbocycles. The lowest BCUT2D eigenvalue weighted by Gasteiger charge is -2.14. The number of hydrogen-bond acceptors (Lipinski definition) is 3. The van der Waals surface area contributed by atoms with Gasteiger partial charge in [0, 0.05) is 16.1 Å². The van der Waals surface area contributed by atoms with Crippen LogP contribution in [0.15, 0.2) is 18.2 Å². The number of carbonyl (C=O) groups excluding carboxylic acids is 1. The molecule has 0 radical (unpaired) electrons. The van der Waals surface area contributed by atoms with E-state index in [1.165, 1.54) is 7.11 Å². The van der Waals surface area contributed by atoms with Crippen LogP contribution in [0.4, 0.5) is 0 Å². The molecule has 0 aliphatic carbocycles. The van der Waals surface area contributed by atoms with Gasteiger partial charge < -0.3 is 4.74 Å². The zero-order valence-corrected chi connectivity index (χ0v) is 10.9. The zero-order chi connectivity index (χ0) is 12.4. The molecule has 1 saturated heterocycles. The number of carbonyl (C=O) groups is 1. The Kier molecular flexibility index (Phi) is 3.92. The van der Waals surface area contributed by atoms with Crippen molar-refractivity contribution >= 4 is 29.2 Å². The molecule has 2 unspecified atom stereocenters. The van der Waals surface area contributed by atoms with Gasteiger partial charge >= 0.3 is 5.97 Å². The molecule has 1 heterocycles. The molecular weight excluding hydrogens is 261 g/mol. The SMILES string of the molecule is COC(=O)C1CCC(c2ccc(Cl)cc2Cl)N1. The van der Waals surface area contributed by atoms with Crippen molar-refractivity contribution in [2.24, 2.45) is 0 Å². The number of halogens is 2. The summed E-state index contributed by atoms with van der Waals surface area (Å²) in [6, 6.07) is 5.25. The third-order valence-corrected chi connectivity index (χ3v) is 3.53. The number of esters is 1. The topological polar surface area (TPSA) is 38.3 Å². The van der Waals surface area contributed by atoms with Gasteiger partial charge in [-0.2, -0.15) is 0 Å². The van der Waals surface area contributed by atoms with Crippen molar-refractivity contribution in [3.63, 3.8) is 0 Å². The molecule has 0 saturated carbocycles. The van der Waals surface area contributed by atoms with Crippen LogP contribution in [0, 0.1) is 0 Å². The quantitative estimate of drug-likeness (QED) is 0.842. The third-order valence-electron chi connectivity index (χ3n) is 2.97. The number of benzene rings is 1. The lowest BCUT2D eigenvalue weighted by Crippen LogP contribution is -2.33. The van der Waals surface area contributed by atoms with Crippen LogP contribution in [0.2, 0.25) is 10.0 Å². The standard InChI is InChI=1S/C12H13Cl2NO2/c1-17-12(16)11-5-4-10(15-11)8-3-2-7(13)6-9(8)14/h2-3,6,10-11,15H,4-5H2,1H3. The molecule has 1 aromatic rings. The number of methoxy groups -OCH3 is 1. The van der Waals surface area contributed by atoms with E-state index in [9.17, 15) is 4.79 Å². The van der Waals surface area contributed by atoms with Crippen molar-refractivity contribution in [3.05, 3.63) is 33.8 Å². The van der Waals surface area contributed by atoms with Crippen LogP contribution in [-0.2, 0) is 9.53 Å². The van der Waals surface area contributed by atoms with Crippen molar-refractivity contribution in [2.75, 3.05) is 7.11 Å². The Morgan fingerprint density at radius 2 is 2.18 bits per heavy atom. The average molecular weight is 274 g/mol. The van der Waals surface area contributed by atoms with Crippen molar-refractivity contribution in [1.29, 1.82) is 0 Å². The van der Waals surface area contributed by atoms with Crippen LogP contribution < -0.4 is 5.32 Å². The first kappa shape index (κ1) is 12.7. The first-order valence-corrected chi connectivity index (χ1v) is 6.16. The highest BCUT2D eigenvalue weighted by molar-refractivity contribution is 6.35. The maximum atomic E-state index is 11.4. The summed E-state index contributed by atoms with van der Waals surface area (Å²) in [7, 11) is 1.40. The molecule has 0 bridgehead atoms. The first-order chi connectivity index (χ1) is 8.11. The summed E-state index contributed by atoms with van der Waals surface area (Å²) in [5, 5.41) is 4.45. The molecular formula is C12H13Cl2NO2. The molecule has 0 spiro atoms. The molecule has 1 fully saturated rings. The van der Waals surface area contributed by atoms with Gasteiger partial charge in [-0.25, -0.2) is 0 Å². The van der Waals surface area contributed by atoms with Crippen LogP contribution in [0.1, 0.15) is 24.4 Å². The van der Waals surface area contributed by atoms with E-state index in [1.54, 1.807) is 12.1 Å². The second-order valence-corrected chi connectivity index (χ2v) is 4.88. The van der Waals surface area contributed by atoms with Crippen LogP contribution >= 0.6 is 23.2 Å². The summed E-state index contributed by atoms with van der Waals surface area (Å²) >= 11 is 12.0. The maximum Gasteiger partial charge on any atom is 0.322 e. The van der Waals surface area contributed by atoms with Crippen LogP contribution in [0.5, 0.6) is 0 Å². The minimum absolute atomic E-state index is 0.0869.